The van der Waals surface area contributed by atoms with Gasteiger partial charge in [-0.2, -0.15) is 0 Å². The van der Waals surface area contributed by atoms with E-state index in [0.717, 1.165) is 0 Å². The Kier molecular flexibility index (Phi) is 9.76. The number of ether oxygens (including phenoxy) is 1. The first-order valence-corrected chi connectivity index (χ1v) is 6.95. The SMILES string of the molecule is COCCNC(=O)c1ccc(NC(=O)C(C)CN)cc1Cl.Cl. The lowest BCUT2D eigenvalue weighted by atomic mass is 10.1. The van der Waals surface area contributed by atoms with Crippen molar-refractivity contribution in [3.8, 4) is 0 Å². The molecule has 1 aromatic rings. The maximum Gasteiger partial charge on any atom is 0.252 e. The quantitative estimate of drug-likeness (QED) is 0.652. The molecule has 0 aliphatic heterocycles. The average molecular weight is 350 g/mol. The van der Waals surface area contributed by atoms with Gasteiger partial charge in [0, 0.05) is 31.8 Å². The fraction of sp³-hybridized carbons (Fsp3) is 0.429. The lowest BCUT2D eigenvalue weighted by molar-refractivity contribution is -0.119. The van der Waals surface area contributed by atoms with Crippen LogP contribution in [0.5, 0.6) is 0 Å². The van der Waals surface area contributed by atoms with Gasteiger partial charge in [0.05, 0.1) is 17.2 Å². The molecule has 22 heavy (non-hydrogen) atoms. The van der Waals surface area contributed by atoms with Crippen LogP contribution in [-0.4, -0.2) is 38.6 Å². The molecule has 0 heterocycles. The number of carbonyl (C=O) groups is 2. The molecule has 0 aliphatic rings. The highest BCUT2D eigenvalue weighted by Gasteiger charge is 2.14. The summed E-state index contributed by atoms with van der Waals surface area (Å²) in [7, 11) is 1.55. The number of nitrogens with two attached hydrogens (primary N) is 1. The minimum atomic E-state index is -0.291. The van der Waals surface area contributed by atoms with Crippen molar-refractivity contribution in [3.63, 3.8) is 0 Å². The molecule has 124 valence electrons. The Bertz CT molecular complexity index is 512. The van der Waals surface area contributed by atoms with Gasteiger partial charge in [0.25, 0.3) is 5.91 Å². The van der Waals surface area contributed by atoms with E-state index in [-0.39, 0.29) is 41.7 Å². The molecule has 4 N–H and O–H groups in total. The Morgan fingerprint density at radius 2 is 2.09 bits per heavy atom. The minimum absolute atomic E-state index is 0. The topological polar surface area (TPSA) is 93.5 Å². The van der Waals surface area contributed by atoms with Gasteiger partial charge < -0.3 is 21.1 Å². The monoisotopic (exact) mass is 349 g/mol. The molecular formula is C14H21Cl2N3O3. The number of methoxy groups -OCH3 is 1. The molecule has 8 heteroatoms. The number of anilines is 1. The number of halogens is 2. The van der Waals surface area contributed by atoms with Gasteiger partial charge in [0.15, 0.2) is 0 Å². The van der Waals surface area contributed by atoms with E-state index in [2.05, 4.69) is 10.6 Å². The molecule has 0 bridgehead atoms. The largest absolute Gasteiger partial charge is 0.383 e. The second-order valence-corrected chi connectivity index (χ2v) is 4.98. The lowest BCUT2D eigenvalue weighted by Gasteiger charge is -2.11. The Morgan fingerprint density at radius 1 is 1.41 bits per heavy atom. The van der Waals surface area contributed by atoms with E-state index in [1.54, 1.807) is 26.2 Å². The van der Waals surface area contributed by atoms with Crippen molar-refractivity contribution in [2.75, 3.05) is 32.1 Å². The highest BCUT2D eigenvalue weighted by Crippen LogP contribution is 2.21. The minimum Gasteiger partial charge on any atom is -0.383 e. The molecule has 0 radical (unpaired) electrons. The number of nitrogens with one attached hydrogen (secondary N) is 2. The molecule has 1 aromatic carbocycles. The normalized spacial score (nSPS) is 11.3. The maximum atomic E-state index is 11.9. The van der Waals surface area contributed by atoms with Crippen LogP contribution in [0.4, 0.5) is 5.69 Å². The zero-order valence-corrected chi connectivity index (χ0v) is 14.1. The number of amides is 2. The molecule has 0 fully saturated rings. The number of hydrogen-bond acceptors (Lipinski definition) is 4. The van der Waals surface area contributed by atoms with E-state index in [1.165, 1.54) is 6.07 Å². The van der Waals surface area contributed by atoms with Crippen LogP contribution >= 0.6 is 24.0 Å². The third kappa shape index (κ3) is 6.19. The second kappa shape index (κ2) is 10.4. The number of rotatable bonds is 7. The summed E-state index contributed by atoms with van der Waals surface area (Å²) >= 11 is 6.07. The molecule has 0 saturated heterocycles. The second-order valence-electron chi connectivity index (χ2n) is 4.57. The average Bonchev–Trinajstić information content (AvgIpc) is 2.46. The van der Waals surface area contributed by atoms with Crippen molar-refractivity contribution < 1.29 is 14.3 Å². The predicted octanol–water partition coefficient (Wildman–Crippen LogP) is 1.67. The number of carbonyl (C=O) groups excluding carboxylic acids is 2. The molecule has 1 unspecified atom stereocenters. The molecule has 2 amide bonds. The smallest absolute Gasteiger partial charge is 0.252 e. The predicted molar refractivity (Wildman–Crippen MR) is 89.8 cm³/mol. The van der Waals surface area contributed by atoms with Gasteiger partial charge in [0.1, 0.15) is 0 Å². The van der Waals surface area contributed by atoms with Crippen LogP contribution in [0, 0.1) is 5.92 Å². The van der Waals surface area contributed by atoms with Crippen LogP contribution in [0.1, 0.15) is 17.3 Å². The Balaban J connectivity index is 0.00000441. The first kappa shape index (κ1) is 20.7. The van der Waals surface area contributed by atoms with E-state index in [9.17, 15) is 9.59 Å². The number of benzene rings is 1. The zero-order valence-electron chi connectivity index (χ0n) is 12.5. The van der Waals surface area contributed by atoms with Gasteiger partial charge in [-0.3, -0.25) is 9.59 Å². The Morgan fingerprint density at radius 3 is 2.64 bits per heavy atom. The molecule has 1 rings (SSSR count). The summed E-state index contributed by atoms with van der Waals surface area (Å²) < 4.78 is 4.85. The first-order valence-electron chi connectivity index (χ1n) is 6.57. The van der Waals surface area contributed by atoms with Crippen LogP contribution in [0.2, 0.25) is 5.02 Å². The first-order chi connectivity index (χ1) is 9.99. The molecule has 0 saturated carbocycles. The van der Waals surface area contributed by atoms with Crippen LogP contribution in [0.25, 0.3) is 0 Å². The van der Waals surface area contributed by atoms with Gasteiger partial charge in [-0.1, -0.05) is 18.5 Å². The lowest BCUT2D eigenvalue weighted by Crippen LogP contribution is -2.28. The fourth-order valence-electron chi connectivity index (χ4n) is 1.51. The van der Waals surface area contributed by atoms with Gasteiger partial charge in [-0.25, -0.2) is 0 Å². The summed E-state index contributed by atoms with van der Waals surface area (Å²) in [6.07, 6.45) is 0. The van der Waals surface area contributed by atoms with Crippen LogP contribution in [0.15, 0.2) is 18.2 Å². The van der Waals surface area contributed by atoms with Crippen LogP contribution in [-0.2, 0) is 9.53 Å². The third-order valence-corrected chi connectivity index (χ3v) is 3.19. The fourth-order valence-corrected chi connectivity index (χ4v) is 1.78. The molecule has 0 aromatic heterocycles. The van der Waals surface area contributed by atoms with Crippen LogP contribution in [0.3, 0.4) is 0 Å². The molecule has 0 aliphatic carbocycles. The van der Waals surface area contributed by atoms with E-state index in [4.69, 9.17) is 22.1 Å². The van der Waals surface area contributed by atoms with Crippen molar-refractivity contribution in [3.05, 3.63) is 28.8 Å². The standard InChI is InChI=1S/C14H20ClN3O3.ClH/c1-9(8-16)13(19)18-10-3-4-11(12(15)7-10)14(20)17-5-6-21-2;/h3-4,7,9H,5-6,8,16H2,1-2H3,(H,17,20)(H,18,19);1H. The zero-order chi connectivity index (χ0) is 15.8. The molecular weight excluding hydrogens is 329 g/mol. The summed E-state index contributed by atoms with van der Waals surface area (Å²) in [5.41, 5.74) is 6.30. The molecule has 0 spiro atoms. The van der Waals surface area contributed by atoms with Crippen molar-refractivity contribution in [2.45, 2.75) is 6.92 Å². The maximum absolute atomic E-state index is 11.9. The van der Waals surface area contributed by atoms with Crippen molar-refractivity contribution in [1.29, 1.82) is 0 Å². The summed E-state index contributed by atoms with van der Waals surface area (Å²) in [5, 5.41) is 5.64. The summed E-state index contributed by atoms with van der Waals surface area (Å²) in [5.74, 6) is -0.767. The van der Waals surface area contributed by atoms with E-state index in [1.807, 2.05) is 0 Å². The van der Waals surface area contributed by atoms with E-state index < -0.39 is 0 Å². The van der Waals surface area contributed by atoms with E-state index in [0.29, 0.717) is 24.4 Å². The van der Waals surface area contributed by atoms with Crippen molar-refractivity contribution >= 4 is 41.5 Å². The number of hydrogen-bond donors (Lipinski definition) is 3. The van der Waals surface area contributed by atoms with Crippen LogP contribution < -0.4 is 16.4 Å². The Hall–Kier alpha value is -1.34. The van der Waals surface area contributed by atoms with Gasteiger partial charge >= 0.3 is 0 Å². The van der Waals surface area contributed by atoms with Gasteiger partial charge in [0.2, 0.25) is 5.91 Å². The summed E-state index contributed by atoms with van der Waals surface area (Å²) in [6, 6.07) is 4.72. The highest BCUT2D eigenvalue weighted by molar-refractivity contribution is 6.34. The van der Waals surface area contributed by atoms with Gasteiger partial charge in [-0.15, -0.1) is 12.4 Å². The van der Waals surface area contributed by atoms with Crippen molar-refractivity contribution in [2.24, 2.45) is 11.7 Å². The third-order valence-electron chi connectivity index (χ3n) is 2.87. The molecule has 1 atom stereocenters. The van der Waals surface area contributed by atoms with Gasteiger partial charge in [-0.05, 0) is 18.2 Å². The highest BCUT2D eigenvalue weighted by atomic mass is 35.5. The van der Waals surface area contributed by atoms with E-state index >= 15 is 0 Å². The van der Waals surface area contributed by atoms with Crippen molar-refractivity contribution in [1.82, 2.24) is 5.32 Å². The summed E-state index contributed by atoms with van der Waals surface area (Å²) in [6.45, 7) is 2.82. The molecule has 6 nitrogen and oxygen atoms in total. The summed E-state index contributed by atoms with van der Waals surface area (Å²) in [4.78, 5) is 23.6. The Labute approximate surface area is 141 Å².